The minimum absolute atomic E-state index is 0.282. The van der Waals surface area contributed by atoms with E-state index in [0.29, 0.717) is 6.04 Å². The lowest BCUT2D eigenvalue weighted by molar-refractivity contribution is 0.174. The Bertz CT molecular complexity index is 950. The Morgan fingerprint density at radius 3 is 3.00 bits per heavy atom. The van der Waals surface area contributed by atoms with Gasteiger partial charge in [0.05, 0.1) is 0 Å². The first-order valence-corrected chi connectivity index (χ1v) is 8.64. The van der Waals surface area contributed by atoms with E-state index in [1.807, 2.05) is 31.3 Å². The molecular weight excluding hydrogens is 316 g/mol. The van der Waals surface area contributed by atoms with Gasteiger partial charge in [-0.05, 0) is 56.1 Å². The summed E-state index contributed by atoms with van der Waals surface area (Å²) in [5.41, 5.74) is 4.62. The van der Waals surface area contributed by atoms with Crippen molar-refractivity contribution in [2.24, 2.45) is 0 Å². The number of aryl methyl sites for hydroxylation is 1. The molecule has 6 heteroatoms. The van der Waals surface area contributed by atoms with E-state index < -0.39 is 0 Å². The highest BCUT2D eigenvalue weighted by atomic mass is 16.7. The first-order valence-electron chi connectivity index (χ1n) is 8.64. The van der Waals surface area contributed by atoms with Gasteiger partial charge >= 0.3 is 0 Å². The van der Waals surface area contributed by atoms with E-state index >= 15 is 0 Å². The molecule has 3 heterocycles. The molecule has 0 fully saturated rings. The number of ether oxygens (including phenoxy) is 2. The lowest BCUT2D eigenvalue weighted by atomic mass is 9.92. The molecule has 25 heavy (non-hydrogen) atoms. The number of likely N-dealkylation sites (N-methyl/N-ethyl adjacent to an activating group) is 1. The van der Waals surface area contributed by atoms with Crippen molar-refractivity contribution in [3.05, 3.63) is 41.6 Å². The highest BCUT2D eigenvalue weighted by Gasteiger charge is 2.22. The van der Waals surface area contributed by atoms with Crippen LogP contribution in [0.15, 0.2) is 30.3 Å². The van der Waals surface area contributed by atoms with Crippen molar-refractivity contribution in [3.63, 3.8) is 0 Å². The van der Waals surface area contributed by atoms with E-state index in [4.69, 9.17) is 14.5 Å². The van der Waals surface area contributed by atoms with E-state index in [0.717, 1.165) is 41.5 Å². The Morgan fingerprint density at radius 2 is 2.08 bits per heavy atom. The van der Waals surface area contributed by atoms with Gasteiger partial charge in [-0.3, -0.25) is 0 Å². The molecule has 0 bridgehead atoms. The van der Waals surface area contributed by atoms with Gasteiger partial charge in [0.25, 0.3) is 0 Å². The van der Waals surface area contributed by atoms with Crippen molar-refractivity contribution in [2.75, 3.05) is 19.2 Å². The van der Waals surface area contributed by atoms with E-state index in [1.54, 1.807) is 0 Å². The Labute approximate surface area is 145 Å². The molecule has 2 aliphatic rings. The Hall–Kier alpha value is -2.73. The zero-order chi connectivity index (χ0) is 16.8. The second-order valence-electron chi connectivity index (χ2n) is 6.60. The minimum Gasteiger partial charge on any atom is -0.454 e. The number of rotatable bonds is 3. The normalized spacial score (nSPS) is 18.4. The fourth-order valence-corrected chi connectivity index (χ4v) is 3.73. The standard InChI is InChI=1S/C19H20N4O2/c1-20-11-2-5-15-14(8-11)13-4-7-18(23-19(13)22-15)21-12-3-6-16-17(9-12)25-10-24-16/h3-4,6-7,9,11,20H,2,5,8,10H2,1H3,(H2,21,22,23). The van der Waals surface area contributed by atoms with Crippen LogP contribution in [0.2, 0.25) is 0 Å². The SMILES string of the molecule is CNC1CCc2[nH]c3nc(Nc4ccc5c(c4)OCO5)ccc3c2C1. The van der Waals surface area contributed by atoms with Crippen molar-refractivity contribution in [1.29, 1.82) is 0 Å². The van der Waals surface area contributed by atoms with Crippen LogP contribution in [0.4, 0.5) is 11.5 Å². The molecule has 1 atom stereocenters. The van der Waals surface area contributed by atoms with Crippen LogP contribution in [-0.2, 0) is 12.8 Å². The van der Waals surface area contributed by atoms with Crippen molar-refractivity contribution in [2.45, 2.75) is 25.3 Å². The Morgan fingerprint density at radius 1 is 1.16 bits per heavy atom. The number of benzene rings is 1. The summed E-state index contributed by atoms with van der Waals surface area (Å²) in [6, 6.07) is 10.6. The zero-order valence-corrected chi connectivity index (χ0v) is 14.1. The Kier molecular flexibility index (Phi) is 3.31. The molecule has 1 aromatic carbocycles. The maximum absolute atomic E-state index is 5.43. The van der Waals surface area contributed by atoms with Crippen molar-refractivity contribution < 1.29 is 9.47 Å². The molecule has 0 saturated carbocycles. The summed E-state index contributed by atoms with van der Waals surface area (Å²) < 4.78 is 10.8. The van der Waals surface area contributed by atoms with Crippen LogP contribution in [0.1, 0.15) is 17.7 Å². The monoisotopic (exact) mass is 336 g/mol. The van der Waals surface area contributed by atoms with Gasteiger partial charge in [0.2, 0.25) is 6.79 Å². The molecule has 0 radical (unpaired) electrons. The molecule has 3 N–H and O–H groups in total. The summed E-state index contributed by atoms with van der Waals surface area (Å²) in [5.74, 6) is 2.36. The van der Waals surface area contributed by atoms with E-state index in [9.17, 15) is 0 Å². The third-order valence-corrected chi connectivity index (χ3v) is 5.10. The van der Waals surface area contributed by atoms with E-state index in [-0.39, 0.29) is 6.79 Å². The summed E-state index contributed by atoms with van der Waals surface area (Å²) in [6.45, 7) is 0.282. The van der Waals surface area contributed by atoms with Crippen LogP contribution in [0.3, 0.4) is 0 Å². The number of fused-ring (bicyclic) bond motifs is 4. The molecule has 1 aliphatic carbocycles. The second kappa shape index (κ2) is 5.67. The minimum atomic E-state index is 0.282. The number of aromatic nitrogens is 2. The largest absolute Gasteiger partial charge is 0.454 e. The van der Waals surface area contributed by atoms with Gasteiger partial charge in [-0.2, -0.15) is 0 Å². The van der Waals surface area contributed by atoms with Gasteiger partial charge in [-0.25, -0.2) is 4.98 Å². The van der Waals surface area contributed by atoms with Crippen LogP contribution in [0.5, 0.6) is 11.5 Å². The highest BCUT2D eigenvalue weighted by molar-refractivity contribution is 5.84. The predicted molar refractivity (Wildman–Crippen MR) is 96.8 cm³/mol. The number of H-pyrrole nitrogens is 1. The number of anilines is 2. The maximum atomic E-state index is 5.43. The third-order valence-electron chi connectivity index (χ3n) is 5.10. The van der Waals surface area contributed by atoms with E-state index in [1.165, 1.54) is 23.1 Å². The summed E-state index contributed by atoms with van der Waals surface area (Å²) >= 11 is 0. The van der Waals surface area contributed by atoms with Crippen molar-refractivity contribution >= 4 is 22.5 Å². The number of nitrogens with one attached hydrogen (secondary N) is 3. The van der Waals surface area contributed by atoms with Crippen LogP contribution in [-0.4, -0.2) is 29.9 Å². The van der Waals surface area contributed by atoms with Gasteiger partial charge in [0.1, 0.15) is 11.5 Å². The number of aromatic amines is 1. The smallest absolute Gasteiger partial charge is 0.231 e. The third kappa shape index (κ3) is 2.49. The average molecular weight is 336 g/mol. The van der Waals surface area contributed by atoms with Gasteiger partial charge in [-0.15, -0.1) is 0 Å². The molecule has 0 amide bonds. The fraction of sp³-hybridized carbons (Fsp3) is 0.316. The molecule has 1 unspecified atom stereocenters. The van der Waals surface area contributed by atoms with Gasteiger partial charge in [0, 0.05) is 28.9 Å². The molecule has 1 aliphatic heterocycles. The highest BCUT2D eigenvalue weighted by Crippen LogP contribution is 2.35. The number of hydrogen-bond donors (Lipinski definition) is 3. The Balaban J connectivity index is 1.45. The summed E-state index contributed by atoms with van der Waals surface area (Å²) in [7, 11) is 2.04. The van der Waals surface area contributed by atoms with Gasteiger partial charge in [-0.1, -0.05) is 0 Å². The fourth-order valence-electron chi connectivity index (χ4n) is 3.73. The topological polar surface area (TPSA) is 71.2 Å². The van der Waals surface area contributed by atoms with E-state index in [2.05, 4.69) is 21.7 Å². The number of hydrogen-bond acceptors (Lipinski definition) is 5. The molecule has 6 nitrogen and oxygen atoms in total. The average Bonchev–Trinajstić information content (AvgIpc) is 3.24. The maximum Gasteiger partial charge on any atom is 0.231 e. The second-order valence-corrected chi connectivity index (χ2v) is 6.60. The lowest BCUT2D eigenvalue weighted by Crippen LogP contribution is -2.31. The van der Waals surface area contributed by atoms with Crippen LogP contribution in [0, 0.1) is 0 Å². The first-order chi connectivity index (χ1) is 12.3. The molecule has 2 aromatic heterocycles. The summed E-state index contributed by atoms with van der Waals surface area (Å²) in [4.78, 5) is 8.27. The van der Waals surface area contributed by atoms with Crippen LogP contribution >= 0.6 is 0 Å². The first kappa shape index (κ1) is 14.6. The molecular formula is C19H20N4O2. The number of nitrogens with zero attached hydrogens (tertiary/aromatic N) is 1. The van der Waals surface area contributed by atoms with Crippen molar-refractivity contribution in [1.82, 2.24) is 15.3 Å². The predicted octanol–water partition coefficient (Wildman–Crippen LogP) is 3.11. The number of pyridine rings is 1. The van der Waals surface area contributed by atoms with Crippen molar-refractivity contribution in [3.8, 4) is 11.5 Å². The molecule has 0 spiro atoms. The summed E-state index contributed by atoms with van der Waals surface area (Å²) in [6.07, 6.45) is 3.29. The molecule has 5 rings (SSSR count). The zero-order valence-electron chi connectivity index (χ0n) is 14.1. The summed E-state index contributed by atoms with van der Waals surface area (Å²) in [5, 5.41) is 7.97. The van der Waals surface area contributed by atoms with Gasteiger partial charge < -0.3 is 25.1 Å². The molecule has 128 valence electrons. The van der Waals surface area contributed by atoms with Crippen LogP contribution in [0.25, 0.3) is 11.0 Å². The molecule has 3 aromatic rings. The van der Waals surface area contributed by atoms with Crippen LogP contribution < -0.4 is 20.1 Å². The van der Waals surface area contributed by atoms with Gasteiger partial charge in [0.15, 0.2) is 11.5 Å². The lowest BCUT2D eigenvalue weighted by Gasteiger charge is -2.21. The quantitative estimate of drug-likeness (QED) is 0.685. The molecule has 0 saturated heterocycles.